The molecule has 3 aromatic rings. The molecule has 1 aromatic carbocycles. The highest BCUT2D eigenvalue weighted by Gasteiger charge is 2.26. The van der Waals surface area contributed by atoms with Gasteiger partial charge in [-0.05, 0) is 11.5 Å². The Kier molecular flexibility index (Phi) is 5.09. The molecule has 0 saturated carbocycles. The third-order valence-corrected chi connectivity index (χ3v) is 6.94. The Balaban J connectivity index is 1.98. The van der Waals surface area contributed by atoms with E-state index in [1.165, 1.54) is 17.5 Å². The Morgan fingerprint density at radius 1 is 1.14 bits per heavy atom. The van der Waals surface area contributed by atoms with E-state index >= 15 is 0 Å². The number of anilines is 1. The number of H-pyrrole nitrogens is 1. The standard InChI is InChI=1S/C17H16F4N2O3S2/c1-17(2,3)14-6-11-15(27-14)13(7-22-11)28(24,25)23-10-4-9(19)12(5-8(10)18)26-16(20)21/h4-7,16,22-23H,1-3H3. The van der Waals surface area contributed by atoms with Gasteiger partial charge < -0.3 is 9.72 Å². The van der Waals surface area contributed by atoms with E-state index in [4.69, 9.17) is 0 Å². The summed E-state index contributed by atoms with van der Waals surface area (Å²) in [6, 6.07) is 2.63. The minimum absolute atomic E-state index is 0.129. The summed E-state index contributed by atoms with van der Waals surface area (Å²) < 4.78 is 84.0. The molecule has 0 atom stereocenters. The first-order valence-corrected chi connectivity index (χ1v) is 10.3. The lowest BCUT2D eigenvalue weighted by Gasteiger charge is -2.15. The first-order chi connectivity index (χ1) is 12.9. The van der Waals surface area contributed by atoms with Gasteiger partial charge in [0.2, 0.25) is 0 Å². The molecule has 28 heavy (non-hydrogen) atoms. The molecule has 11 heteroatoms. The summed E-state index contributed by atoms with van der Waals surface area (Å²) in [5, 5.41) is 0. The predicted octanol–water partition coefficient (Wildman–Crippen LogP) is 5.21. The van der Waals surface area contributed by atoms with Crippen molar-refractivity contribution >= 4 is 37.3 Å². The second-order valence-corrected chi connectivity index (χ2v) is 9.71. The highest BCUT2D eigenvalue weighted by atomic mass is 32.2. The van der Waals surface area contributed by atoms with E-state index < -0.39 is 39.7 Å². The average Bonchev–Trinajstić information content (AvgIpc) is 3.11. The summed E-state index contributed by atoms with van der Waals surface area (Å²) in [6.45, 7) is 2.59. The number of hydrogen-bond acceptors (Lipinski definition) is 4. The van der Waals surface area contributed by atoms with Crippen LogP contribution in [0.25, 0.3) is 10.2 Å². The van der Waals surface area contributed by atoms with Crippen molar-refractivity contribution < 1.29 is 30.7 Å². The highest BCUT2D eigenvalue weighted by molar-refractivity contribution is 7.93. The number of nitrogens with one attached hydrogen (secondary N) is 2. The fourth-order valence-corrected chi connectivity index (χ4v) is 5.12. The van der Waals surface area contributed by atoms with Gasteiger partial charge in [0.1, 0.15) is 4.90 Å². The zero-order valence-corrected chi connectivity index (χ0v) is 16.6. The Hall–Kier alpha value is -2.27. The summed E-state index contributed by atoms with van der Waals surface area (Å²) in [4.78, 5) is 3.66. The van der Waals surface area contributed by atoms with E-state index in [-0.39, 0.29) is 10.3 Å². The number of thiophene rings is 1. The van der Waals surface area contributed by atoms with Crippen LogP contribution in [0.2, 0.25) is 0 Å². The second-order valence-electron chi connectivity index (χ2n) is 7.00. The third-order valence-electron chi connectivity index (χ3n) is 3.83. The number of rotatable bonds is 5. The molecule has 0 fully saturated rings. The molecule has 0 radical (unpaired) electrons. The molecular weight excluding hydrogens is 420 g/mol. The zero-order chi connectivity index (χ0) is 20.9. The molecule has 2 N–H and O–H groups in total. The number of aromatic amines is 1. The lowest BCUT2D eigenvalue weighted by molar-refractivity contribution is -0.0523. The minimum atomic E-state index is -4.27. The quantitative estimate of drug-likeness (QED) is 0.540. The lowest BCUT2D eigenvalue weighted by Crippen LogP contribution is -2.14. The van der Waals surface area contributed by atoms with E-state index in [0.717, 1.165) is 4.88 Å². The van der Waals surface area contributed by atoms with Crippen LogP contribution >= 0.6 is 11.3 Å². The van der Waals surface area contributed by atoms with Crippen molar-refractivity contribution in [1.82, 2.24) is 4.98 Å². The number of aromatic nitrogens is 1. The fourth-order valence-electron chi connectivity index (χ4n) is 2.45. The molecular formula is C17H16F4N2O3S2. The number of hydrogen-bond donors (Lipinski definition) is 2. The molecule has 2 aromatic heterocycles. The van der Waals surface area contributed by atoms with Crippen LogP contribution in [-0.2, 0) is 15.4 Å². The summed E-state index contributed by atoms with van der Waals surface area (Å²) in [5.74, 6) is -3.61. The Morgan fingerprint density at radius 3 is 2.43 bits per heavy atom. The van der Waals surface area contributed by atoms with Crippen molar-refractivity contribution in [2.24, 2.45) is 0 Å². The van der Waals surface area contributed by atoms with E-state index in [1.807, 2.05) is 31.6 Å². The van der Waals surface area contributed by atoms with Crippen molar-refractivity contribution in [1.29, 1.82) is 0 Å². The lowest BCUT2D eigenvalue weighted by atomic mass is 9.95. The van der Waals surface area contributed by atoms with E-state index in [9.17, 15) is 26.0 Å². The predicted molar refractivity (Wildman–Crippen MR) is 98.7 cm³/mol. The van der Waals surface area contributed by atoms with Crippen LogP contribution in [0.4, 0.5) is 23.2 Å². The van der Waals surface area contributed by atoms with E-state index in [2.05, 4.69) is 9.72 Å². The number of benzene rings is 1. The Labute approximate surface area is 162 Å². The fraction of sp³-hybridized carbons (Fsp3) is 0.294. The maximum Gasteiger partial charge on any atom is 0.387 e. The Bertz CT molecular complexity index is 1130. The largest absolute Gasteiger partial charge is 0.432 e. The van der Waals surface area contributed by atoms with Crippen molar-refractivity contribution in [3.8, 4) is 5.75 Å². The van der Waals surface area contributed by atoms with Crippen LogP contribution in [0.15, 0.2) is 29.3 Å². The normalized spacial score (nSPS) is 12.7. The number of alkyl halides is 2. The van der Waals surface area contributed by atoms with Crippen molar-refractivity contribution in [3.05, 3.63) is 40.9 Å². The zero-order valence-electron chi connectivity index (χ0n) is 14.9. The van der Waals surface area contributed by atoms with Crippen LogP contribution < -0.4 is 9.46 Å². The summed E-state index contributed by atoms with van der Waals surface area (Å²) in [5.41, 5.74) is -0.321. The number of fused-ring (bicyclic) bond motifs is 1. The van der Waals surface area contributed by atoms with Gasteiger partial charge in [0, 0.05) is 23.2 Å². The second kappa shape index (κ2) is 6.96. The van der Waals surface area contributed by atoms with Crippen LogP contribution in [0, 0.1) is 11.6 Å². The molecule has 0 spiro atoms. The van der Waals surface area contributed by atoms with Crippen LogP contribution in [0.5, 0.6) is 5.75 Å². The molecule has 0 aliphatic carbocycles. The Morgan fingerprint density at radius 2 is 1.82 bits per heavy atom. The molecule has 152 valence electrons. The van der Waals surface area contributed by atoms with E-state index in [0.29, 0.717) is 22.3 Å². The molecule has 0 aliphatic heterocycles. The van der Waals surface area contributed by atoms with Crippen molar-refractivity contribution in [2.45, 2.75) is 37.7 Å². The third kappa shape index (κ3) is 3.95. The minimum Gasteiger partial charge on any atom is -0.432 e. The van der Waals surface area contributed by atoms with Gasteiger partial charge in [0.15, 0.2) is 17.4 Å². The molecule has 0 unspecified atom stereocenters. The van der Waals surface area contributed by atoms with Crippen LogP contribution in [-0.4, -0.2) is 20.0 Å². The first-order valence-electron chi connectivity index (χ1n) is 7.96. The topological polar surface area (TPSA) is 71.2 Å². The van der Waals surface area contributed by atoms with Gasteiger partial charge >= 0.3 is 6.61 Å². The molecule has 2 heterocycles. The van der Waals surface area contributed by atoms with Gasteiger partial charge in [-0.1, -0.05) is 20.8 Å². The first kappa shape index (κ1) is 20.5. The van der Waals surface area contributed by atoms with Gasteiger partial charge in [0.25, 0.3) is 10.0 Å². The van der Waals surface area contributed by atoms with E-state index in [1.54, 1.807) is 0 Å². The van der Waals surface area contributed by atoms with Gasteiger partial charge in [-0.25, -0.2) is 17.2 Å². The molecule has 5 nitrogen and oxygen atoms in total. The summed E-state index contributed by atoms with van der Waals surface area (Å²) in [6.07, 6.45) is 1.25. The molecule has 0 saturated heterocycles. The van der Waals surface area contributed by atoms with Crippen molar-refractivity contribution in [3.63, 3.8) is 0 Å². The van der Waals surface area contributed by atoms with Crippen LogP contribution in [0.1, 0.15) is 25.6 Å². The number of sulfonamides is 1. The smallest absolute Gasteiger partial charge is 0.387 e. The molecule has 0 amide bonds. The number of ether oxygens (including phenoxy) is 1. The monoisotopic (exact) mass is 436 g/mol. The van der Waals surface area contributed by atoms with Crippen molar-refractivity contribution in [2.75, 3.05) is 4.72 Å². The molecule has 0 bridgehead atoms. The van der Waals surface area contributed by atoms with Gasteiger partial charge in [-0.15, -0.1) is 11.3 Å². The summed E-state index contributed by atoms with van der Waals surface area (Å²) in [7, 11) is -4.27. The molecule has 3 rings (SSSR count). The average molecular weight is 436 g/mol. The molecule has 0 aliphatic rings. The maximum absolute atomic E-state index is 14.1. The van der Waals surface area contributed by atoms with Gasteiger partial charge in [-0.2, -0.15) is 8.78 Å². The summed E-state index contributed by atoms with van der Waals surface area (Å²) >= 11 is 1.27. The van der Waals surface area contributed by atoms with Gasteiger partial charge in [0.05, 0.1) is 15.9 Å². The SMILES string of the molecule is CC(C)(C)c1cc2[nH]cc(S(=O)(=O)Nc3cc(F)c(OC(F)F)cc3F)c2s1. The van der Waals surface area contributed by atoms with Crippen LogP contribution in [0.3, 0.4) is 0 Å². The number of halogens is 4. The maximum atomic E-state index is 14.1. The highest BCUT2D eigenvalue weighted by Crippen LogP contribution is 2.38. The van der Waals surface area contributed by atoms with Gasteiger partial charge in [-0.3, -0.25) is 4.72 Å².